The first-order valence-electron chi connectivity index (χ1n) is 11.1. The third-order valence-electron chi connectivity index (χ3n) is 6.44. The third-order valence-corrected chi connectivity index (χ3v) is 7.18. The summed E-state index contributed by atoms with van der Waals surface area (Å²) in [6.07, 6.45) is 4.69. The smallest absolute Gasteiger partial charge is 0.272 e. The molecule has 1 amide bonds. The van der Waals surface area contributed by atoms with E-state index in [0.29, 0.717) is 47.2 Å². The second kappa shape index (κ2) is 10.3. The van der Waals surface area contributed by atoms with Gasteiger partial charge in [-0.15, -0.1) is 0 Å². The topological polar surface area (TPSA) is 81.6 Å². The zero-order chi connectivity index (χ0) is 22.7. The fourth-order valence-electron chi connectivity index (χ4n) is 4.55. The molecule has 0 spiro atoms. The van der Waals surface area contributed by atoms with E-state index in [0.717, 1.165) is 49.9 Å². The molecular weight excluding hydrogens is 449 g/mol. The number of nitrogens with zero attached hydrogens (tertiary/aromatic N) is 4. The number of likely N-dealkylation sites (tertiary alicyclic amines) is 2. The van der Waals surface area contributed by atoms with Crippen LogP contribution in [-0.4, -0.2) is 75.7 Å². The molecule has 2 saturated heterocycles. The number of hydrogen-bond donors (Lipinski definition) is 2. The summed E-state index contributed by atoms with van der Waals surface area (Å²) in [5.74, 6) is 0.627. The Balaban J connectivity index is 1.33. The van der Waals surface area contributed by atoms with Crippen molar-refractivity contribution < 1.29 is 9.90 Å². The molecule has 2 fully saturated rings. The average Bonchev–Trinajstić information content (AvgIpc) is 3.23. The molecule has 2 aliphatic rings. The molecule has 2 aliphatic heterocycles. The number of amides is 1. The summed E-state index contributed by atoms with van der Waals surface area (Å²) >= 11 is 12.1. The van der Waals surface area contributed by atoms with Gasteiger partial charge in [-0.2, -0.15) is 0 Å². The number of rotatable bonds is 6. The van der Waals surface area contributed by atoms with Gasteiger partial charge in [-0.3, -0.25) is 9.69 Å². The van der Waals surface area contributed by atoms with Gasteiger partial charge in [0.1, 0.15) is 17.8 Å². The number of anilines is 1. The van der Waals surface area contributed by atoms with Gasteiger partial charge in [0.05, 0.1) is 16.1 Å². The summed E-state index contributed by atoms with van der Waals surface area (Å²) < 4.78 is 0. The quantitative estimate of drug-likeness (QED) is 0.663. The van der Waals surface area contributed by atoms with Gasteiger partial charge in [0.25, 0.3) is 5.91 Å². The van der Waals surface area contributed by atoms with Gasteiger partial charge in [-0.25, -0.2) is 9.97 Å². The number of aliphatic hydroxyl groups excluding tert-OH is 1. The van der Waals surface area contributed by atoms with Crippen molar-refractivity contribution in [2.24, 2.45) is 0 Å². The minimum atomic E-state index is -0.207. The minimum absolute atomic E-state index is 0.0441. The lowest BCUT2D eigenvalue weighted by molar-refractivity contribution is 0.0621. The summed E-state index contributed by atoms with van der Waals surface area (Å²) in [6, 6.07) is 6.05. The lowest BCUT2D eigenvalue weighted by atomic mass is 10.0. The highest BCUT2D eigenvalue weighted by molar-refractivity contribution is 6.42. The number of β-amino-alcohol motifs (C(OH)–C–C–N with tert-alkyl or cyclic N) is 1. The molecule has 1 aromatic heterocycles. The van der Waals surface area contributed by atoms with Crippen LogP contribution in [-0.2, 0) is 6.42 Å². The zero-order valence-corrected chi connectivity index (χ0v) is 19.7. The van der Waals surface area contributed by atoms with Crippen molar-refractivity contribution in [2.45, 2.75) is 44.8 Å². The molecule has 2 aromatic rings. The Bertz CT molecular complexity index is 965. The lowest BCUT2D eigenvalue weighted by Crippen LogP contribution is -2.46. The fraction of sp³-hybridized carbons (Fsp3) is 0.522. The van der Waals surface area contributed by atoms with Crippen molar-refractivity contribution in [3.63, 3.8) is 0 Å². The SMILES string of the molecule is Cc1c(NCCc2ccc(Cl)c(Cl)c2)ncnc1C(=O)N1CCC(N2CCC(O)C2)CC1. The molecule has 4 rings (SSSR count). The summed E-state index contributed by atoms with van der Waals surface area (Å²) in [5, 5.41) is 14.2. The first kappa shape index (κ1) is 23.2. The lowest BCUT2D eigenvalue weighted by Gasteiger charge is -2.36. The number of carbonyl (C=O) groups excluding carboxylic acids is 1. The predicted octanol–water partition coefficient (Wildman–Crippen LogP) is 3.42. The monoisotopic (exact) mass is 477 g/mol. The van der Waals surface area contributed by atoms with Gasteiger partial charge in [0, 0.05) is 44.3 Å². The highest BCUT2D eigenvalue weighted by Crippen LogP contribution is 2.25. The van der Waals surface area contributed by atoms with Crippen LogP contribution in [0.5, 0.6) is 0 Å². The van der Waals surface area contributed by atoms with Crippen LogP contribution in [0.3, 0.4) is 0 Å². The minimum Gasteiger partial charge on any atom is -0.392 e. The molecule has 0 saturated carbocycles. The molecular formula is C23H29Cl2N5O2. The van der Waals surface area contributed by atoms with E-state index in [1.165, 1.54) is 6.33 Å². The van der Waals surface area contributed by atoms with Gasteiger partial charge >= 0.3 is 0 Å². The highest BCUT2D eigenvalue weighted by Gasteiger charge is 2.32. The second-order valence-corrected chi connectivity index (χ2v) is 9.40. The van der Waals surface area contributed by atoms with Crippen LogP contribution in [0.4, 0.5) is 5.82 Å². The summed E-state index contributed by atoms with van der Waals surface area (Å²) in [5.41, 5.74) is 2.28. The highest BCUT2D eigenvalue weighted by atomic mass is 35.5. The van der Waals surface area contributed by atoms with Crippen LogP contribution >= 0.6 is 23.2 Å². The molecule has 172 valence electrons. The van der Waals surface area contributed by atoms with E-state index in [1.807, 2.05) is 24.0 Å². The Kier molecular flexibility index (Phi) is 7.51. The molecule has 0 bridgehead atoms. The molecule has 1 unspecified atom stereocenters. The number of benzene rings is 1. The van der Waals surface area contributed by atoms with Crippen LogP contribution in [0.25, 0.3) is 0 Å². The molecule has 0 radical (unpaired) electrons. The molecule has 32 heavy (non-hydrogen) atoms. The van der Waals surface area contributed by atoms with Gasteiger partial charge in [-0.05, 0) is 50.3 Å². The van der Waals surface area contributed by atoms with Gasteiger partial charge in [-0.1, -0.05) is 29.3 Å². The Labute approximate surface area is 198 Å². The number of nitrogens with one attached hydrogen (secondary N) is 1. The van der Waals surface area contributed by atoms with E-state index < -0.39 is 0 Å². The summed E-state index contributed by atoms with van der Waals surface area (Å²) in [4.78, 5) is 26.0. The van der Waals surface area contributed by atoms with Crippen molar-refractivity contribution in [1.82, 2.24) is 19.8 Å². The summed E-state index contributed by atoms with van der Waals surface area (Å²) in [6.45, 7) is 5.64. The Morgan fingerprint density at radius 2 is 1.94 bits per heavy atom. The van der Waals surface area contributed by atoms with Crippen LogP contribution in [0.1, 0.15) is 40.9 Å². The largest absolute Gasteiger partial charge is 0.392 e. The Morgan fingerprint density at radius 1 is 1.16 bits per heavy atom. The number of halogens is 2. The maximum absolute atomic E-state index is 13.1. The van der Waals surface area contributed by atoms with Gasteiger partial charge in [0.2, 0.25) is 0 Å². The van der Waals surface area contributed by atoms with Gasteiger partial charge in [0.15, 0.2) is 0 Å². The molecule has 9 heteroatoms. The second-order valence-electron chi connectivity index (χ2n) is 8.58. The van der Waals surface area contributed by atoms with Crippen LogP contribution in [0.15, 0.2) is 24.5 Å². The third kappa shape index (κ3) is 5.34. The first-order valence-corrected chi connectivity index (χ1v) is 11.9. The molecule has 1 atom stereocenters. The maximum atomic E-state index is 13.1. The number of aliphatic hydroxyl groups is 1. The van der Waals surface area contributed by atoms with E-state index in [9.17, 15) is 9.90 Å². The van der Waals surface area contributed by atoms with Crippen molar-refractivity contribution >= 4 is 34.9 Å². The van der Waals surface area contributed by atoms with Crippen molar-refractivity contribution in [1.29, 1.82) is 0 Å². The molecule has 2 N–H and O–H groups in total. The average molecular weight is 478 g/mol. The van der Waals surface area contributed by atoms with Crippen molar-refractivity contribution in [3.8, 4) is 0 Å². The molecule has 1 aromatic carbocycles. The maximum Gasteiger partial charge on any atom is 0.272 e. The van der Waals surface area contributed by atoms with Crippen molar-refractivity contribution in [2.75, 3.05) is 38.0 Å². The molecule has 3 heterocycles. The van der Waals surface area contributed by atoms with E-state index in [-0.39, 0.29) is 12.0 Å². The Hall–Kier alpha value is -1.93. The number of aromatic nitrogens is 2. The van der Waals surface area contributed by atoms with E-state index in [2.05, 4.69) is 20.2 Å². The van der Waals surface area contributed by atoms with E-state index in [4.69, 9.17) is 23.2 Å². The predicted molar refractivity (Wildman–Crippen MR) is 127 cm³/mol. The van der Waals surface area contributed by atoms with Crippen molar-refractivity contribution in [3.05, 3.63) is 51.4 Å². The molecule has 0 aliphatic carbocycles. The normalized spacial score (nSPS) is 20.0. The van der Waals surface area contributed by atoms with Crippen LogP contribution in [0.2, 0.25) is 10.0 Å². The number of hydrogen-bond acceptors (Lipinski definition) is 6. The van der Waals surface area contributed by atoms with Gasteiger partial charge < -0.3 is 15.3 Å². The number of carbonyl (C=O) groups is 1. The van der Waals surface area contributed by atoms with Crippen LogP contribution in [0, 0.1) is 6.92 Å². The number of piperidine rings is 1. The molecule has 7 nitrogen and oxygen atoms in total. The van der Waals surface area contributed by atoms with Crippen LogP contribution < -0.4 is 5.32 Å². The summed E-state index contributed by atoms with van der Waals surface area (Å²) in [7, 11) is 0. The Morgan fingerprint density at radius 3 is 2.62 bits per heavy atom. The standard InChI is InChI=1S/C23H29Cl2N5O2/c1-15-21(23(32)29-9-5-17(6-10-29)30-11-7-18(31)13-30)27-14-28-22(15)26-8-4-16-2-3-19(24)20(25)12-16/h2-3,12,14,17-18,31H,4-11,13H2,1H3,(H,26,27,28). The van der Waals surface area contributed by atoms with E-state index in [1.54, 1.807) is 6.07 Å². The zero-order valence-electron chi connectivity index (χ0n) is 18.2. The van der Waals surface area contributed by atoms with E-state index >= 15 is 0 Å². The first-order chi connectivity index (χ1) is 15.4. The fourth-order valence-corrected chi connectivity index (χ4v) is 4.87.